The fourth-order valence-corrected chi connectivity index (χ4v) is 1.76. The van der Waals surface area contributed by atoms with E-state index in [1.807, 2.05) is 6.92 Å². The quantitative estimate of drug-likeness (QED) is 0.697. The Morgan fingerprint density at radius 1 is 1.29 bits per heavy atom. The van der Waals surface area contributed by atoms with Crippen molar-refractivity contribution in [3.8, 4) is 0 Å². The van der Waals surface area contributed by atoms with Gasteiger partial charge in [-0.3, -0.25) is 4.79 Å². The van der Waals surface area contributed by atoms with Gasteiger partial charge in [0.25, 0.3) is 0 Å². The van der Waals surface area contributed by atoms with Crippen molar-refractivity contribution in [2.45, 2.75) is 6.92 Å². The number of hydrogen-bond donors (Lipinski definition) is 0. The van der Waals surface area contributed by atoms with Crippen molar-refractivity contribution >= 4 is 17.1 Å². The first-order chi connectivity index (χ1) is 6.77. The van der Waals surface area contributed by atoms with Gasteiger partial charge in [0, 0.05) is 18.6 Å². The SMILES string of the molecule is Cc1ncc(C(=O)c2cncnc2)s1. The highest BCUT2D eigenvalue weighted by atomic mass is 32.1. The van der Waals surface area contributed by atoms with Gasteiger partial charge in [0.2, 0.25) is 5.78 Å². The van der Waals surface area contributed by atoms with Crippen molar-refractivity contribution in [1.29, 1.82) is 0 Å². The van der Waals surface area contributed by atoms with Crippen LogP contribution in [0.15, 0.2) is 24.9 Å². The van der Waals surface area contributed by atoms with Gasteiger partial charge in [-0.15, -0.1) is 11.3 Å². The molecule has 0 N–H and O–H groups in total. The highest BCUT2D eigenvalue weighted by Gasteiger charge is 2.11. The van der Waals surface area contributed by atoms with Crippen LogP contribution in [0, 0.1) is 6.92 Å². The molecule has 0 fully saturated rings. The molecule has 0 aliphatic carbocycles. The molecule has 14 heavy (non-hydrogen) atoms. The first-order valence-corrected chi connectivity index (χ1v) is 4.81. The average Bonchev–Trinajstić information content (AvgIpc) is 2.65. The third-order valence-electron chi connectivity index (χ3n) is 1.67. The average molecular weight is 205 g/mol. The minimum atomic E-state index is -0.0730. The summed E-state index contributed by atoms with van der Waals surface area (Å²) in [6.45, 7) is 1.86. The van der Waals surface area contributed by atoms with Gasteiger partial charge in [-0.1, -0.05) is 0 Å². The van der Waals surface area contributed by atoms with Gasteiger partial charge in [0.15, 0.2) is 0 Å². The number of carbonyl (C=O) groups is 1. The predicted molar refractivity (Wildman–Crippen MR) is 52.3 cm³/mol. The fraction of sp³-hybridized carbons (Fsp3) is 0.111. The minimum absolute atomic E-state index is 0.0730. The Labute approximate surface area is 84.7 Å². The molecule has 2 aromatic rings. The standard InChI is InChI=1S/C9H7N3OS/c1-6-12-4-8(14-6)9(13)7-2-10-5-11-3-7/h2-5H,1H3. The van der Waals surface area contributed by atoms with E-state index in [2.05, 4.69) is 15.0 Å². The predicted octanol–water partition coefficient (Wildman–Crippen LogP) is 1.47. The molecule has 0 bridgehead atoms. The third-order valence-corrected chi connectivity index (χ3v) is 2.58. The van der Waals surface area contributed by atoms with E-state index in [4.69, 9.17) is 0 Å². The Morgan fingerprint density at radius 3 is 2.57 bits per heavy atom. The third kappa shape index (κ3) is 1.67. The summed E-state index contributed by atoms with van der Waals surface area (Å²) in [6, 6.07) is 0. The molecule has 0 saturated carbocycles. The zero-order chi connectivity index (χ0) is 9.97. The highest BCUT2D eigenvalue weighted by molar-refractivity contribution is 7.13. The molecular formula is C9H7N3OS. The lowest BCUT2D eigenvalue weighted by atomic mass is 10.2. The molecule has 4 nitrogen and oxygen atoms in total. The van der Waals surface area contributed by atoms with Crippen LogP contribution in [0.3, 0.4) is 0 Å². The summed E-state index contributed by atoms with van der Waals surface area (Å²) in [5.41, 5.74) is 0.496. The van der Waals surface area contributed by atoms with Gasteiger partial charge in [-0.05, 0) is 6.92 Å². The molecule has 0 radical (unpaired) electrons. The number of hydrogen-bond acceptors (Lipinski definition) is 5. The number of thiazole rings is 1. The Balaban J connectivity index is 2.34. The van der Waals surface area contributed by atoms with Crippen molar-refractivity contribution in [3.63, 3.8) is 0 Å². The van der Waals surface area contributed by atoms with Crippen LogP contribution in [0.25, 0.3) is 0 Å². The van der Waals surface area contributed by atoms with E-state index < -0.39 is 0 Å². The first-order valence-electron chi connectivity index (χ1n) is 3.99. The van der Waals surface area contributed by atoms with Gasteiger partial charge < -0.3 is 0 Å². The van der Waals surface area contributed by atoms with Crippen LogP contribution < -0.4 is 0 Å². The van der Waals surface area contributed by atoms with Crippen LogP contribution in [0.1, 0.15) is 20.2 Å². The Hall–Kier alpha value is -1.62. The van der Waals surface area contributed by atoms with Gasteiger partial charge in [0.1, 0.15) is 6.33 Å². The molecule has 2 rings (SSSR count). The van der Waals surface area contributed by atoms with Crippen molar-refractivity contribution in [2.24, 2.45) is 0 Å². The summed E-state index contributed by atoms with van der Waals surface area (Å²) in [4.78, 5) is 24.0. The number of ketones is 1. The maximum Gasteiger partial charge on any atom is 0.207 e. The summed E-state index contributed by atoms with van der Waals surface area (Å²) in [6.07, 6.45) is 5.98. The molecule has 0 saturated heterocycles. The second kappa shape index (κ2) is 3.63. The molecule has 0 aliphatic rings. The fourth-order valence-electron chi connectivity index (χ4n) is 1.02. The van der Waals surface area contributed by atoms with Gasteiger partial charge in [0.05, 0.1) is 15.4 Å². The van der Waals surface area contributed by atoms with E-state index in [9.17, 15) is 4.79 Å². The van der Waals surface area contributed by atoms with Crippen LogP contribution in [-0.2, 0) is 0 Å². The molecule has 70 valence electrons. The van der Waals surface area contributed by atoms with Crippen LogP contribution >= 0.6 is 11.3 Å². The van der Waals surface area contributed by atoms with Gasteiger partial charge in [-0.25, -0.2) is 15.0 Å². The second-order valence-corrected chi connectivity index (χ2v) is 3.93. The molecule has 0 aliphatic heterocycles. The van der Waals surface area contributed by atoms with Crippen LogP contribution in [-0.4, -0.2) is 20.7 Å². The monoisotopic (exact) mass is 205 g/mol. The Kier molecular flexibility index (Phi) is 2.32. The second-order valence-electron chi connectivity index (χ2n) is 2.70. The number of aryl methyl sites for hydroxylation is 1. The summed E-state index contributed by atoms with van der Waals surface area (Å²) in [5.74, 6) is -0.0730. The molecule has 2 heterocycles. The lowest BCUT2D eigenvalue weighted by Crippen LogP contribution is -1.99. The van der Waals surface area contributed by atoms with Gasteiger partial charge >= 0.3 is 0 Å². The Morgan fingerprint density at radius 2 is 2.00 bits per heavy atom. The van der Waals surface area contributed by atoms with E-state index >= 15 is 0 Å². The summed E-state index contributed by atoms with van der Waals surface area (Å²) in [5, 5.41) is 0.880. The largest absolute Gasteiger partial charge is 0.288 e. The molecule has 0 atom stereocenters. The number of carbonyl (C=O) groups excluding carboxylic acids is 1. The molecule has 0 amide bonds. The summed E-state index contributed by atoms with van der Waals surface area (Å²) < 4.78 is 0. The normalized spacial score (nSPS) is 10.1. The van der Waals surface area contributed by atoms with Crippen molar-refractivity contribution in [3.05, 3.63) is 40.4 Å². The van der Waals surface area contributed by atoms with Crippen LogP contribution in [0.5, 0.6) is 0 Å². The first kappa shape index (κ1) is 8.96. The molecule has 0 spiro atoms. The van der Waals surface area contributed by atoms with E-state index in [-0.39, 0.29) is 5.78 Å². The lowest BCUT2D eigenvalue weighted by Gasteiger charge is -1.93. The summed E-state index contributed by atoms with van der Waals surface area (Å²) in [7, 11) is 0. The smallest absolute Gasteiger partial charge is 0.207 e. The number of aromatic nitrogens is 3. The molecule has 0 aromatic carbocycles. The Bertz CT molecular complexity index is 452. The maximum absolute atomic E-state index is 11.8. The van der Waals surface area contributed by atoms with Crippen LogP contribution in [0.4, 0.5) is 0 Å². The van der Waals surface area contributed by atoms with E-state index in [1.54, 1.807) is 6.20 Å². The molecule has 2 aromatic heterocycles. The zero-order valence-electron chi connectivity index (χ0n) is 7.47. The lowest BCUT2D eigenvalue weighted by molar-refractivity contribution is 0.104. The molecule has 0 unspecified atom stereocenters. The van der Waals surface area contributed by atoms with Gasteiger partial charge in [-0.2, -0.15) is 0 Å². The zero-order valence-corrected chi connectivity index (χ0v) is 8.28. The maximum atomic E-state index is 11.8. The number of rotatable bonds is 2. The van der Waals surface area contributed by atoms with E-state index in [1.165, 1.54) is 30.1 Å². The van der Waals surface area contributed by atoms with Crippen LogP contribution in [0.2, 0.25) is 0 Å². The van der Waals surface area contributed by atoms with Crippen molar-refractivity contribution < 1.29 is 4.79 Å². The van der Waals surface area contributed by atoms with Crippen molar-refractivity contribution in [1.82, 2.24) is 15.0 Å². The highest BCUT2D eigenvalue weighted by Crippen LogP contribution is 2.15. The van der Waals surface area contributed by atoms with Crippen molar-refractivity contribution in [2.75, 3.05) is 0 Å². The van der Waals surface area contributed by atoms with E-state index in [0.29, 0.717) is 10.4 Å². The summed E-state index contributed by atoms with van der Waals surface area (Å²) >= 11 is 1.37. The number of nitrogens with zero attached hydrogens (tertiary/aromatic N) is 3. The molecular weight excluding hydrogens is 198 g/mol. The van der Waals surface area contributed by atoms with E-state index in [0.717, 1.165) is 5.01 Å². The topological polar surface area (TPSA) is 55.7 Å². The molecule has 5 heteroatoms. The minimum Gasteiger partial charge on any atom is -0.288 e.